The third-order valence-electron chi connectivity index (χ3n) is 2.84. The second-order valence-electron chi connectivity index (χ2n) is 3.72. The van der Waals surface area contributed by atoms with E-state index in [2.05, 4.69) is 19.1 Å². The number of nitrogens with two attached hydrogens (primary N) is 1. The van der Waals surface area contributed by atoms with Crippen LogP contribution in [0.2, 0.25) is 0 Å². The molecule has 0 radical (unpaired) electrons. The molecular weight excluding hydrogens is 162 g/mol. The van der Waals surface area contributed by atoms with E-state index in [1.165, 1.54) is 0 Å². The van der Waals surface area contributed by atoms with Crippen molar-refractivity contribution in [1.29, 1.82) is 0 Å². The number of rotatable bonds is 4. The van der Waals surface area contributed by atoms with Crippen LogP contribution in [-0.2, 0) is 4.79 Å². The molecule has 1 aliphatic rings. The van der Waals surface area contributed by atoms with Gasteiger partial charge < -0.3 is 5.73 Å². The molecule has 0 heterocycles. The second-order valence-corrected chi connectivity index (χ2v) is 3.72. The van der Waals surface area contributed by atoms with Gasteiger partial charge in [0.15, 0.2) is 0 Å². The van der Waals surface area contributed by atoms with E-state index in [0.717, 1.165) is 25.7 Å². The summed E-state index contributed by atoms with van der Waals surface area (Å²) in [7, 11) is 0. The van der Waals surface area contributed by atoms with Crippen LogP contribution < -0.4 is 5.73 Å². The van der Waals surface area contributed by atoms with Gasteiger partial charge in [0.2, 0.25) is 0 Å². The smallest absolute Gasteiger partial charge is 0.136 e. The van der Waals surface area contributed by atoms with E-state index in [1.807, 2.05) is 0 Å². The molecule has 2 atom stereocenters. The Morgan fingerprint density at radius 1 is 1.54 bits per heavy atom. The lowest BCUT2D eigenvalue weighted by atomic mass is 9.92. The Morgan fingerprint density at radius 3 is 2.92 bits per heavy atom. The first-order chi connectivity index (χ1) is 6.29. The first-order valence-electron chi connectivity index (χ1n) is 5.17. The predicted molar refractivity (Wildman–Crippen MR) is 54.3 cm³/mol. The van der Waals surface area contributed by atoms with E-state index >= 15 is 0 Å². The molecule has 2 N–H and O–H groups in total. The van der Waals surface area contributed by atoms with Crippen LogP contribution in [0.1, 0.15) is 32.6 Å². The maximum atomic E-state index is 11.4. The average molecular weight is 181 g/mol. The van der Waals surface area contributed by atoms with Crippen molar-refractivity contribution in [1.82, 2.24) is 0 Å². The molecule has 0 amide bonds. The van der Waals surface area contributed by atoms with Crippen molar-refractivity contribution in [2.45, 2.75) is 32.6 Å². The fourth-order valence-electron chi connectivity index (χ4n) is 1.99. The van der Waals surface area contributed by atoms with E-state index in [9.17, 15) is 4.79 Å². The molecular formula is C11H19NO. The molecule has 74 valence electrons. The molecule has 1 fully saturated rings. The fraction of sp³-hybridized carbons (Fsp3) is 0.727. The van der Waals surface area contributed by atoms with E-state index in [4.69, 9.17) is 5.73 Å². The van der Waals surface area contributed by atoms with E-state index < -0.39 is 0 Å². The maximum absolute atomic E-state index is 11.4. The first-order valence-corrected chi connectivity index (χ1v) is 5.17. The molecule has 0 aromatic carbocycles. The summed E-state index contributed by atoms with van der Waals surface area (Å²) in [5.74, 6) is 1.07. The summed E-state index contributed by atoms with van der Waals surface area (Å²) in [5.41, 5.74) is 5.61. The Kier molecular flexibility index (Phi) is 4.16. The van der Waals surface area contributed by atoms with Gasteiger partial charge in [-0.25, -0.2) is 0 Å². The van der Waals surface area contributed by atoms with Crippen molar-refractivity contribution in [2.75, 3.05) is 6.54 Å². The summed E-state index contributed by atoms with van der Waals surface area (Å²) in [6, 6.07) is 0. The SMILES string of the molecule is CC/C=C/CC1C(=O)CCC1CN. The van der Waals surface area contributed by atoms with E-state index in [0.29, 0.717) is 18.2 Å². The summed E-state index contributed by atoms with van der Waals surface area (Å²) in [6.45, 7) is 2.77. The van der Waals surface area contributed by atoms with Crippen molar-refractivity contribution in [3.8, 4) is 0 Å². The van der Waals surface area contributed by atoms with Crippen LogP contribution in [0, 0.1) is 11.8 Å². The Morgan fingerprint density at radius 2 is 2.31 bits per heavy atom. The molecule has 1 saturated carbocycles. The van der Waals surface area contributed by atoms with Gasteiger partial charge in [0.25, 0.3) is 0 Å². The van der Waals surface area contributed by atoms with Crippen LogP contribution in [-0.4, -0.2) is 12.3 Å². The minimum absolute atomic E-state index is 0.216. The number of carbonyl (C=O) groups is 1. The summed E-state index contributed by atoms with van der Waals surface area (Å²) in [5, 5.41) is 0. The van der Waals surface area contributed by atoms with Gasteiger partial charge >= 0.3 is 0 Å². The molecule has 0 spiro atoms. The Labute approximate surface area is 80.2 Å². The molecule has 0 bridgehead atoms. The zero-order valence-electron chi connectivity index (χ0n) is 8.33. The number of carbonyl (C=O) groups excluding carboxylic acids is 1. The molecule has 0 aliphatic heterocycles. The second kappa shape index (κ2) is 5.18. The van der Waals surface area contributed by atoms with Crippen molar-refractivity contribution in [3.63, 3.8) is 0 Å². The highest BCUT2D eigenvalue weighted by atomic mass is 16.1. The van der Waals surface area contributed by atoms with Crippen LogP contribution in [0.5, 0.6) is 0 Å². The summed E-state index contributed by atoms with van der Waals surface area (Å²) >= 11 is 0. The normalized spacial score (nSPS) is 28.9. The molecule has 0 saturated heterocycles. The number of hydrogen-bond donors (Lipinski definition) is 1. The number of hydrogen-bond acceptors (Lipinski definition) is 2. The van der Waals surface area contributed by atoms with Crippen molar-refractivity contribution < 1.29 is 4.79 Å². The minimum atomic E-state index is 0.216. The Hall–Kier alpha value is -0.630. The zero-order chi connectivity index (χ0) is 9.68. The highest BCUT2D eigenvalue weighted by Gasteiger charge is 2.32. The Balaban J connectivity index is 2.44. The third-order valence-corrected chi connectivity index (χ3v) is 2.84. The maximum Gasteiger partial charge on any atom is 0.136 e. The quantitative estimate of drug-likeness (QED) is 0.673. The van der Waals surface area contributed by atoms with Gasteiger partial charge in [-0.1, -0.05) is 19.1 Å². The van der Waals surface area contributed by atoms with Gasteiger partial charge in [0.1, 0.15) is 5.78 Å². The lowest BCUT2D eigenvalue weighted by molar-refractivity contribution is -0.121. The molecule has 13 heavy (non-hydrogen) atoms. The van der Waals surface area contributed by atoms with Crippen molar-refractivity contribution >= 4 is 5.78 Å². The zero-order valence-corrected chi connectivity index (χ0v) is 8.33. The predicted octanol–water partition coefficient (Wildman–Crippen LogP) is 1.90. The highest BCUT2D eigenvalue weighted by Crippen LogP contribution is 2.30. The summed E-state index contributed by atoms with van der Waals surface area (Å²) < 4.78 is 0. The van der Waals surface area contributed by atoms with Crippen LogP contribution in [0.15, 0.2) is 12.2 Å². The monoisotopic (exact) mass is 181 g/mol. The highest BCUT2D eigenvalue weighted by molar-refractivity contribution is 5.83. The summed E-state index contributed by atoms with van der Waals surface area (Å²) in [4.78, 5) is 11.4. The van der Waals surface area contributed by atoms with Crippen molar-refractivity contribution in [2.24, 2.45) is 17.6 Å². The van der Waals surface area contributed by atoms with Crippen LogP contribution in [0.3, 0.4) is 0 Å². The molecule has 2 nitrogen and oxygen atoms in total. The topological polar surface area (TPSA) is 43.1 Å². The number of ketones is 1. The summed E-state index contributed by atoms with van der Waals surface area (Å²) in [6.07, 6.45) is 7.94. The van der Waals surface area contributed by atoms with Gasteiger partial charge in [0, 0.05) is 12.3 Å². The van der Waals surface area contributed by atoms with Crippen LogP contribution in [0.25, 0.3) is 0 Å². The molecule has 0 aromatic rings. The minimum Gasteiger partial charge on any atom is -0.330 e. The van der Waals surface area contributed by atoms with Crippen LogP contribution in [0.4, 0.5) is 0 Å². The molecule has 2 heteroatoms. The standard InChI is InChI=1S/C11H19NO/c1-2-3-4-5-10-9(8-12)6-7-11(10)13/h3-4,9-10H,2,5-8,12H2,1H3/b4-3+. The van der Waals surface area contributed by atoms with Gasteiger partial charge in [-0.15, -0.1) is 0 Å². The molecule has 1 rings (SSSR count). The van der Waals surface area contributed by atoms with Gasteiger partial charge in [0.05, 0.1) is 0 Å². The average Bonchev–Trinajstić information content (AvgIpc) is 2.48. The van der Waals surface area contributed by atoms with E-state index in [-0.39, 0.29) is 5.92 Å². The van der Waals surface area contributed by atoms with E-state index in [1.54, 1.807) is 0 Å². The van der Waals surface area contributed by atoms with Gasteiger partial charge in [-0.3, -0.25) is 4.79 Å². The fourth-order valence-corrected chi connectivity index (χ4v) is 1.99. The Bertz CT molecular complexity index is 198. The largest absolute Gasteiger partial charge is 0.330 e. The third kappa shape index (κ3) is 2.66. The number of Topliss-reactive ketones (excluding diaryl/α,β-unsaturated/α-hetero) is 1. The lowest BCUT2D eigenvalue weighted by Crippen LogP contribution is -2.21. The molecule has 0 aromatic heterocycles. The molecule has 1 aliphatic carbocycles. The van der Waals surface area contributed by atoms with Gasteiger partial charge in [-0.05, 0) is 31.7 Å². The van der Waals surface area contributed by atoms with Crippen LogP contribution >= 0.6 is 0 Å². The van der Waals surface area contributed by atoms with Crippen molar-refractivity contribution in [3.05, 3.63) is 12.2 Å². The van der Waals surface area contributed by atoms with Gasteiger partial charge in [-0.2, -0.15) is 0 Å². The first kappa shape index (κ1) is 10.5. The lowest BCUT2D eigenvalue weighted by Gasteiger charge is -2.13. The molecule has 2 unspecified atom stereocenters. The number of allylic oxidation sites excluding steroid dienone is 2.